The van der Waals surface area contributed by atoms with Gasteiger partial charge in [0.2, 0.25) is 11.8 Å². The van der Waals surface area contributed by atoms with Crippen LogP contribution >= 0.6 is 0 Å². The van der Waals surface area contributed by atoms with E-state index in [-0.39, 0.29) is 29.5 Å². The van der Waals surface area contributed by atoms with Crippen LogP contribution in [0.1, 0.15) is 19.3 Å². The van der Waals surface area contributed by atoms with Gasteiger partial charge in [0.1, 0.15) is 11.9 Å². The molecule has 0 bridgehead atoms. The van der Waals surface area contributed by atoms with E-state index in [1.54, 1.807) is 0 Å². The van der Waals surface area contributed by atoms with Crippen LogP contribution in [0.2, 0.25) is 0 Å². The molecule has 1 heterocycles. The molecule has 168 valence electrons. The second-order valence-corrected chi connectivity index (χ2v) is 7.15. The maximum atomic E-state index is 12.9. The predicted molar refractivity (Wildman–Crippen MR) is 98.6 cm³/mol. The van der Waals surface area contributed by atoms with Crippen LogP contribution in [0.5, 0.6) is 0 Å². The Kier molecular flexibility index (Phi) is 7.56. The number of hydrogen-bond acceptors (Lipinski definition) is 5. The Hall–Kier alpha value is -3.20. The van der Waals surface area contributed by atoms with Crippen LogP contribution in [0.3, 0.4) is 0 Å². The number of alkyl halides is 3. The number of nitrogens with one attached hydrogen (secondary N) is 1. The van der Waals surface area contributed by atoms with Crippen molar-refractivity contribution >= 4 is 23.5 Å². The van der Waals surface area contributed by atoms with Crippen molar-refractivity contribution in [2.75, 3.05) is 11.9 Å². The molecule has 0 radical (unpaired) electrons. The number of anilines is 1. The van der Waals surface area contributed by atoms with Crippen molar-refractivity contribution < 1.29 is 37.1 Å². The van der Waals surface area contributed by atoms with Gasteiger partial charge in [-0.25, -0.2) is 9.18 Å². The van der Waals surface area contributed by atoms with Gasteiger partial charge in [-0.2, -0.15) is 18.4 Å². The van der Waals surface area contributed by atoms with Gasteiger partial charge in [0.25, 0.3) is 0 Å². The number of carbonyl (C=O) groups is 3. The molecular formula is C19H20F4N4O4. The molecule has 4 N–H and O–H groups in total. The summed E-state index contributed by atoms with van der Waals surface area (Å²) in [6.07, 6.45) is -3.06. The molecule has 8 nitrogen and oxygen atoms in total. The highest BCUT2D eigenvalue weighted by molar-refractivity contribution is 5.95. The number of halogens is 4. The fourth-order valence-corrected chi connectivity index (χ4v) is 3.22. The van der Waals surface area contributed by atoms with Gasteiger partial charge in [-0.15, -0.1) is 0 Å². The number of amides is 2. The zero-order valence-corrected chi connectivity index (χ0v) is 16.1. The molecule has 0 aromatic heterocycles. The molecule has 12 heteroatoms. The maximum absolute atomic E-state index is 12.9. The molecule has 31 heavy (non-hydrogen) atoms. The van der Waals surface area contributed by atoms with Gasteiger partial charge in [0, 0.05) is 18.2 Å². The number of nitriles is 1. The normalized spacial score (nSPS) is 23.1. The third kappa shape index (κ3) is 6.39. The second-order valence-electron chi connectivity index (χ2n) is 7.15. The third-order valence-corrected chi connectivity index (χ3v) is 4.96. The Morgan fingerprint density at radius 3 is 2.35 bits per heavy atom. The number of nitrogens with zero attached hydrogens (tertiary/aromatic N) is 2. The number of carboxylic acids is 1. The first-order chi connectivity index (χ1) is 14.5. The van der Waals surface area contributed by atoms with Crippen LogP contribution in [-0.2, 0) is 14.4 Å². The molecule has 0 spiro atoms. The quantitative estimate of drug-likeness (QED) is 0.607. The van der Waals surface area contributed by atoms with E-state index in [1.165, 1.54) is 29.2 Å². The summed E-state index contributed by atoms with van der Waals surface area (Å²) in [4.78, 5) is 35.1. The molecule has 1 aliphatic carbocycles. The van der Waals surface area contributed by atoms with Crippen LogP contribution in [-0.4, -0.2) is 52.6 Å². The molecule has 1 aromatic carbocycles. The average Bonchev–Trinajstić information content (AvgIpc) is 3.37. The first-order valence-corrected chi connectivity index (χ1v) is 9.28. The summed E-state index contributed by atoms with van der Waals surface area (Å²) in [6, 6.07) is 6.45. The first kappa shape index (κ1) is 24.1. The van der Waals surface area contributed by atoms with Crippen LogP contribution in [0.25, 0.3) is 0 Å². The summed E-state index contributed by atoms with van der Waals surface area (Å²) in [5.74, 6) is -4.13. The van der Waals surface area contributed by atoms with E-state index >= 15 is 0 Å². The monoisotopic (exact) mass is 444 g/mol. The van der Waals surface area contributed by atoms with Gasteiger partial charge in [-0.05, 0) is 49.4 Å². The van der Waals surface area contributed by atoms with Crippen molar-refractivity contribution in [3.05, 3.63) is 30.1 Å². The minimum atomic E-state index is -5.08. The molecule has 0 unspecified atom stereocenters. The lowest BCUT2D eigenvalue weighted by atomic mass is 10.1. The Morgan fingerprint density at radius 1 is 1.26 bits per heavy atom. The van der Waals surface area contributed by atoms with Crippen molar-refractivity contribution in [1.82, 2.24) is 4.90 Å². The minimum absolute atomic E-state index is 0.210. The molecular weight excluding hydrogens is 424 g/mol. The van der Waals surface area contributed by atoms with Gasteiger partial charge in [0.15, 0.2) is 0 Å². The number of carboxylic acid groups (broad SMARTS) is 1. The van der Waals surface area contributed by atoms with Crippen molar-refractivity contribution in [2.24, 2.45) is 17.6 Å². The molecule has 2 amide bonds. The van der Waals surface area contributed by atoms with E-state index in [1.807, 2.05) is 0 Å². The Labute approximate surface area is 174 Å². The maximum Gasteiger partial charge on any atom is 0.490 e. The fraction of sp³-hybridized carbons (Fsp3) is 0.474. The largest absolute Gasteiger partial charge is 0.490 e. The lowest BCUT2D eigenvalue weighted by molar-refractivity contribution is -0.192. The Morgan fingerprint density at radius 2 is 1.84 bits per heavy atom. The zero-order valence-electron chi connectivity index (χ0n) is 16.1. The lowest BCUT2D eigenvalue weighted by Crippen LogP contribution is -2.47. The number of benzene rings is 1. The molecule has 3 rings (SSSR count). The van der Waals surface area contributed by atoms with Crippen molar-refractivity contribution in [3.8, 4) is 6.07 Å². The van der Waals surface area contributed by atoms with Crippen LogP contribution in [0.15, 0.2) is 24.3 Å². The van der Waals surface area contributed by atoms with Crippen molar-refractivity contribution in [1.29, 1.82) is 5.26 Å². The van der Waals surface area contributed by atoms with Crippen molar-refractivity contribution in [2.45, 2.75) is 37.5 Å². The number of likely N-dealkylation sites (tertiary alicyclic amines) is 1. The average molecular weight is 444 g/mol. The Bertz CT molecular complexity index is 869. The molecule has 2 aliphatic rings. The SMILES string of the molecule is N#C[C@@H]1CCCN1C(=O)[C@@H](N)[C@@H]1C[C@@H]1C(=O)Nc1ccc(F)cc1.O=C(O)C(F)(F)F. The Balaban J connectivity index is 0.000000423. The summed E-state index contributed by atoms with van der Waals surface area (Å²) in [6.45, 7) is 0.546. The summed E-state index contributed by atoms with van der Waals surface area (Å²) in [7, 11) is 0. The first-order valence-electron chi connectivity index (χ1n) is 9.28. The lowest BCUT2D eigenvalue weighted by Gasteiger charge is -2.23. The van der Waals surface area contributed by atoms with Crippen LogP contribution in [0.4, 0.5) is 23.2 Å². The van der Waals surface area contributed by atoms with Crippen molar-refractivity contribution in [3.63, 3.8) is 0 Å². The minimum Gasteiger partial charge on any atom is -0.475 e. The van der Waals surface area contributed by atoms with E-state index in [0.29, 0.717) is 25.1 Å². The van der Waals surface area contributed by atoms with Gasteiger partial charge in [-0.3, -0.25) is 9.59 Å². The second kappa shape index (κ2) is 9.74. The number of hydrogen-bond donors (Lipinski definition) is 3. The number of aliphatic carboxylic acids is 1. The number of carbonyl (C=O) groups excluding carboxylic acids is 2. The summed E-state index contributed by atoms with van der Waals surface area (Å²) >= 11 is 0. The van der Waals surface area contributed by atoms with E-state index in [4.69, 9.17) is 20.9 Å². The van der Waals surface area contributed by atoms with E-state index in [0.717, 1.165) is 6.42 Å². The van der Waals surface area contributed by atoms with Gasteiger partial charge < -0.3 is 21.1 Å². The number of rotatable bonds is 4. The molecule has 4 atom stereocenters. The van der Waals surface area contributed by atoms with E-state index in [2.05, 4.69) is 11.4 Å². The highest BCUT2D eigenvalue weighted by atomic mass is 19.4. The zero-order chi connectivity index (χ0) is 23.3. The van der Waals surface area contributed by atoms with Gasteiger partial charge >= 0.3 is 12.1 Å². The third-order valence-electron chi connectivity index (χ3n) is 4.96. The molecule has 1 saturated heterocycles. The van der Waals surface area contributed by atoms with E-state index < -0.39 is 24.2 Å². The predicted octanol–water partition coefficient (Wildman–Crippen LogP) is 1.88. The smallest absolute Gasteiger partial charge is 0.475 e. The topological polar surface area (TPSA) is 137 Å². The summed E-state index contributed by atoms with van der Waals surface area (Å²) in [5, 5.41) is 18.9. The molecule has 1 saturated carbocycles. The van der Waals surface area contributed by atoms with Gasteiger partial charge in [0.05, 0.1) is 12.1 Å². The molecule has 1 aliphatic heterocycles. The summed E-state index contributed by atoms with van der Waals surface area (Å²) < 4.78 is 44.6. The molecule has 1 aromatic rings. The fourth-order valence-electron chi connectivity index (χ4n) is 3.22. The standard InChI is InChI=1S/C17H19FN4O2.C2HF3O2/c18-10-3-5-11(6-4-10)21-16(23)14-8-13(14)15(20)17(24)22-7-1-2-12(22)9-19;3-2(4,5)1(6)7/h3-6,12-15H,1-2,7-8,20H2,(H,21,23);(H,6,7)/t12-,13+,14-,15-;/m0./s1. The highest BCUT2D eigenvalue weighted by Crippen LogP contribution is 2.42. The molecule has 2 fully saturated rings. The van der Waals surface area contributed by atoms with E-state index in [9.17, 15) is 27.2 Å². The highest BCUT2D eigenvalue weighted by Gasteiger charge is 2.50. The number of nitrogens with two attached hydrogens (primary N) is 1. The summed E-state index contributed by atoms with van der Waals surface area (Å²) in [5.41, 5.74) is 6.54. The van der Waals surface area contributed by atoms with Gasteiger partial charge in [-0.1, -0.05) is 0 Å². The van der Waals surface area contributed by atoms with Crippen LogP contribution in [0, 0.1) is 29.0 Å². The van der Waals surface area contributed by atoms with Crippen LogP contribution < -0.4 is 11.1 Å².